The van der Waals surface area contributed by atoms with Gasteiger partial charge in [-0.2, -0.15) is 0 Å². The van der Waals surface area contributed by atoms with Gasteiger partial charge in [0, 0.05) is 32.0 Å². The zero-order chi connectivity index (χ0) is 31.8. The molecule has 11 nitrogen and oxygen atoms in total. The molecular weight excluding hydrogens is 550 g/mol. The zero-order valence-corrected chi connectivity index (χ0v) is 25.2. The molecule has 3 atom stereocenters. The minimum Gasteiger partial charge on any atom is -0.368 e. The maximum absolute atomic E-state index is 14.1. The maximum atomic E-state index is 14.1. The second-order valence-corrected chi connectivity index (χ2v) is 13.1. The van der Waals surface area contributed by atoms with E-state index in [0.717, 1.165) is 12.1 Å². The molecule has 234 valence electrons. The van der Waals surface area contributed by atoms with Crippen LogP contribution in [0, 0.1) is 22.5 Å². The standard InChI is InChI=1S/C29H44F2N6O5/c1-28(2,3)15-22(38)33-12-7-8-21(25(32)40)34-26(41)24-20(11-13-37(24)23(39)16-29(4,5)6)36-27(42)35-19-10-9-17(30)14-18(19)31/h9-10,14,20-21,24H,7-8,11-13,15-16H2,1-6H3,(H2,32,40)(H,33,38)(H,34,41)(H2,35,36,42)/t20-,21-,24-/m0/s1. The van der Waals surface area contributed by atoms with Crippen molar-refractivity contribution in [2.45, 2.75) is 91.8 Å². The molecule has 0 aliphatic carbocycles. The van der Waals surface area contributed by atoms with Crippen LogP contribution in [0.1, 0.15) is 73.6 Å². The smallest absolute Gasteiger partial charge is 0.319 e. The number of carbonyl (C=O) groups excluding carboxylic acids is 5. The predicted octanol–water partition coefficient (Wildman–Crippen LogP) is 2.79. The van der Waals surface area contributed by atoms with Crippen molar-refractivity contribution in [2.24, 2.45) is 16.6 Å². The number of nitrogens with two attached hydrogens (primary N) is 1. The van der Waals surface area contributed by atoms with E-state index in [2.05, 4.69) is 21.3 Å². The van der Waals surface area contributed by atoms with Gasteiger partial charge in [0.25, 0.3) is 0 Å². The quantitative estimate of drug-likeness (QED) is 0.249. The lowest BCUT2D eigenvalue weighted by Crippen LogP contribution is -2.58. The summed E-state index contributed by atoms with van der Waals surface area (Å²) in [4.78, 5) is 65.0. The third-order valence-electron chi connectivity index (χ3n) is 6.51. The Morgan fingerprint density at radius 2 is 1.67 bits per heavy atom. The van der Waals surface area contributed by atoms with Crippen LogP contribution in [-0.2, 0) is 19.2 Å². The van der Waals surface area contributed by atoms with Gasteiger partial charge in [-0.15, -0.1) is 0 Å². The van der Waals surface area contributed by atoms with Gasteiger partial charge in [-0.3, -0.25) is 19.2 Å². The van der Waals surface area contributed by atoms with Gasteiger partial charge >= 0.3 is 6.03 Å². The number of primary amides is 1. The molecule has 1 aromatic carbocycles. The van der Waals surface area contributed by atoms with E-state index in [0.29, 0.717) is 18.9 Å². The molecule has 0 saturated carbocycles. The Kier molecular flexibility index (Phi) is 11.8. The number of amides is 6. The van der Waals surface area contributed by atoms with Crippen LogP contribution in [0.5, 0.6) is 0 Å². The lowest BCUT2D eigenvalue weighted by Gasteiger charge is -2.31. The minimum absolute atomic E-state index is 0.129. The van der Waals surface area contributed by atoms with Gasteiger partial charge in [-0.25, -0.2) is 13.6 Å². The Bertz CT molecular complexity index is 1160. The van der Waals surface area contributed by atoms with Crippen LogP contribution in [0.2, 0.25) is 0 Å². The first kappa shape index (κ1) is 34.4. The fraction of sp³-hybridized carbons (Fsp3) is 0.621. The lowest BCUT2D eigenvalue weighted by molar-refractivity contribution is -0.141. The number of carbonyl (C=O) groups is 5. The first-order valence-corrected chi connectivity index (χ1v) is 14.0. The van der Waals surface area contributed by atoms with Crippen molar-refractivity contribution < 1.29 is 32.8 Å². The van der Waals surface area contributed by atoms with Gasteiger partial charge in [-0.1, -0.05) is 41.5 Å². The van der Waals surface area contributed by atoms with E-state index in [1.165, 1.54) is 4.90 Å². The highest BCUT2D eigenvalue weighted by molar-refractivity contribution is 5.94. The fourth-order valence-corrected chi connectivity index (χ4v) is 4.64. The summed E-state index contributed by atoms with van der Waals surface area (Å²) < 4.78 is 27.3. The van der Waals surface area contributed by atoms with Gasteiger partial charge in [0.05, 0.1) is 11.7 Å². The van der Waals surface area contributed by atoms with Crippen molar-refractivity contribution in [2.75, 3.05) is 18.4 Å². The van der Waals surface area contributed by atoms with E-state index in [1.807, 2.05) is 41.5 Å². The number of rotatable bonds is 11. The molecular formula is C29H44F2N6O5. The third kappa shape index (κ3) is 11.2. The highest BCUT2D eigenvalue weighted by atomic mass is 19.1. The largest absolute Gasteiger partial charge is 0.368 e. The van der Waals surface area contributed by atoms with E-state index in [1.54, 1.807) is 0 Å². The predicted molar refractivity (Wildman–Crippen MR) is 154 cm³/mol. The summed E-state index contributed by atoms with van der Waals surface area (Å²) in [5.74, 6) is -3.71. The van der Waals surface area contributed by atoms with Gasteiger partial charge in [-0.05, 0) is 42.2 Å². The second kappa shape index (κ2) is 14.4. The maximum Gasteiger partial charge on any atom is 0.319 e. The Labute approximate surface area is 245 Å². The van der Waals surface area contributed by atoms with E-state index in [-0.39, 0.29) is 60.7 Å². The van der Waals surface area contributed by atoms with Crippen molar-refractivity contribution in [3.8, 4) is 0 Å². The molecule has 0 bridgehead atoms. The van der Waals surface area contributed by atoms with E-state index >= 15 is 0 Å². The second-order valence-electron chi connectivity index (χ2n) is 13.1. The SMILES string of the molecule is CC(C)(C)CC(=O)NCCC[C@H](NC(=O)[C@@H]1[C@@H](NC(=O)Nc2ccc(F)cc2F)CCN1C(=O)CC(C)(C)C)C(N)=O. The number of likely N-dealkylation sites (tertiary alicyclic amines) is 1. The minimum atomic E-state index is -1.17. The molecule has 1 saturated heterocycles. The molecule has 2 rings (SSSR count). The molecule has 42 heavy (non-hydrogen) atoms. The van der Waals surface area contributed by atoms with Crippen molar-refractivity contribution in [3.05, 3.63) is 29.8 Å². The van der Waals surface area contributed by atoms with Crippen molar-refractivity contribution >= 4 is 35.3 Å². The highest BCUT2D eigenvalue weighted by Gasteiger charge is 2.44. The molecule has 0 unspecified atom stereocenters. The summed E-state index contributed by atoms with van der Waals surface area (Å²) in [5.41, 5.74) is 4.72. The number of nitrogens with zero attached hydrogens (tertiary/aromatic N) is 1. The number of hydrogen-bond donors (Lipinski definition) is 5. The number of benzene rings is 1. The van der Waals surface area contributed by atoms with E-state index < -0.39 is 47.6 Å². The molecule has 1 heterocycles. The normalized spacial score (nSPS) is 17.8. The molecule has 1 aromatic rings. The molecule has 1 fully saturated rings. The summed E-state index contributed by atoms with van der Waals surface area (Å²) in [6.07, 6.45) is 1.17. The molecule has 6 amide bonds. The van der Waals surface area contributed by atoms with Crippen LogP contribution in [0.15, 0.2) is 18.2 Å². The third-order valence-corrected chi connectivity index (χ3v) is 6.51. The average Bonchev–Trinajstić information content (AvgIpc) is 3.24. The number of urea groups is 1. The number of nitrogens with one attached hydrogen (secondary N) is 4. The Morgan fingerprint density at radius 3 is 2.24 bits per heavy atom. The summed E-state index contributed by atoms with van der Waals surface area (Å²) in [5, 5.41) is 10.3. The van der Waals surface area contributed by atoms with Crippen LogP contribution in [0.25, 0.3) is 0 Å². The van der Waals surface area contributed by atoms with Crippen LogP contribution < -0.4 is 27.0 Å². The Morgan fingerprint density at radius 1 is 1.02 bits per heavy atom. The summed E-state index contributed by atoms with van der Waals surface area (Å²) in [6.45, 7) is 11.9. The van der Waals surface area contributed by atoms with Gasteiger partial charge in [0.15, 0.2) is 0 Å². The van der Waals surface area contributed by atoms with Gasteiger partial charge in [0.2, 0.25) is 23.6 Å². The molecule has 13 heteroatoms. The summed E-state index contributed by atoms with van der Waals surface area (Å²) in [6, 6.07) is -1.32. The van der Waals surface area contributed by atoms with Crippen LogP contribution in [0.4, 0.5) is 19.3 Å². The molecule has 1 aliphatic rings. The summed E-state index contributed by atoms with van der Waals surface area (Å²) in [7, 11) is 0. The summed E-state index contributed by atoms with van der Waals surface area (Å²) >= 11 is 0. The molecule has 0 radical (unpaired) electrons. The van der Waals surface area contributed by atoms with Crippen molar-refractivity contribution in [1.29, 1.82) is 0 Å². The van der Waals surface area contributed by atoms with Crippen LogP contribution in [0.3, 0.4) is 0 Å². The lowest BCUT2D eigenvalue weighted by atomic mass is 9.91. The van der Waals surface area contributed by atoms with Crippen molar-refractivity contribution in [1.82, 2.24) is 20.9 Å². The first-order valence-electron chi connectivity index (χ1n) is 14.0. The number of hydrogen-bond acceptors (Lipinski definition) is 5. The number of anilines is 1. The number of halogens is 2. The van der Waals surface area contributed by atoms with Gasteiger partial charge in [0.1, 0.15) is 23.7 Å². The monoisotopic (exact) mass is 594 g/mol. The molecule has 6 N–H and O–H groups in total. The van der Waals surface area contributed by atoms with E-state index in [9.17, 15) is 32.8 Å². The van der Waals surface area contributed by atoms with Crippen LogP contribution in [-0.4, -0.2) is 65.8 Å². The zero-order valence-electron chi connectivity index (χ0n) is 25.2. The van der Waals surface area contributed by atoms with Crippen LogP contribution >= 0.6 is 0 Å². The van der Waals surface area contributed by atoms with Gasteiger partial charge < -0.3 is 31.9 Å². The molecule has 0 spiro atoms. The molecule has 1 aliphatic heterocycles. The molecule has 0 aromatic heterocycles. The van der Waals surface area contributed by atoms with E-state index in [4.69, 9.17) is 5.73 Å². The van der Waals surface area contributed by atoms with Crippen molar-refractivity contribution in [3.63, 3.8) is 0 Å². The Hall–Kier alpha value is -3.77. The topological polar surface area (TPSA) is 163 Å². The Balaban J connectivity index is 2.13. The highest BCUT2D eigenvalue weighted by Crippen LogP contribution is 2.26. The average molecular weight is 595 g/mol. The first-order chi connectivity index (χ1) is 19.4. The fourth-order valence-electron chi connectivity index (χ4n) is 4.64.